The molecule has 16 heavy (non-hydrogen) atoms. The summed E-state index contributed by atoms with van der Waals surface area (Å²) in [5.74, 6) is -1.14. The lowest BCUT2D eigenvalue weighted by Gasteiger charge is -2.39. The van der Waals surface area contributed by atoms with Crippen molar-refractivity contribution in [1.29, 1.82) is 0 Å². The van der Waals surface area contributed by atoms with Crippen LogP contribution in [0.3, 0.4) is 0 Å². The van der Waals surface area contributed by atoms with Crippen molar-refractivity contribution < 1.29 is 9.59 Å². The lowest BCUT2D eigenvalue weighted by atomic mass is 9.65. The van der Waals surface area contributed by atoms with E-state index in [-0.39, 0.29) is 10.8 Å². The Balaban J connectivity index is 5.48. The number of halogens is 2. The molecule has 2 atom stereocenters. The average molecular weight is 267 g/mol. The first-order valence-corrected chi connectivity index (χ1v) is 6.03. The zero-order valence-electron chi connectivity index (χ0n) is 10.7. The van der Waals surface area contributed by atoms with Crippen LogP contribution in [0.2, 0.25) is 0 Å². The quantitative estimate of drug-likeness (QED) is 0.728. The van der Waals surface area contributed by atoms with E-state index in [2.05, 4.69) is 0 Å². The van der Waals surface area contributed by atoms with Gasteiger partial charge in [-0.15, -0.1) is 0 Å². The molecule has 4 heteroatoms. The van der Waals surface area contributed by atoms with Gasteiger partial charge in [0.15, 0.2) is 0 Å². The first kappa shape index (κ1) is 15.9. The van der Waals surface area contributed by atoms with E-state index in [9.17, 15) is 9.59 Å². The normalized spacial score (nSPS) is 16.8. The van der Waals surface area contributed by atoms with Crippen LogP contribution in [0.1, 0.15) is 41.5 Å². The highest BCUT2D eigenvalue weighted by atomic mass is 35.5. The van der Waals surface area contributed by atoms with Gasteiger partial charge in [0.05, 0.1) is 0 Å². The lowest BCUT2D eigenvalue weighted by Crippen LogP contribution is -2.42. The molecule has 0 aliphatic rings. The molecule has 0 spiro atoms. The zero-order valence-corrected chi connectivity index (χ0v) is 12.2. The number of rotatable bonds is 3. The Bertz CT molecular complexity index is 254. The van der Waals surface area contributed by atoms with Gasteiger partial charge in [0.25, 0.3) is 0 Å². The van der Waals surface area contributed by atoms with Crippen LogP contribution in [0.5, 0.6) is 0 Å². The minimum atomic E-state index is -0.570. The fourth-order valence-corrected chi connectivity index (χ4v) is 2.85. The van der Waals surface area contributed by atoms with Crippen molar-refractivity contribution in [1.82, 2.24) is 0 Å². The molecule has 0 saturated heterocycles. The molecule has 0 aromatic rings. The minimum absolute atomic E-state index is 0.388. The van der Waals surface area contributed by atoms with Crippen molar-refractivity contribution in [2.75, 3.05) is 0 Å². The molecular weight excluding hydrogens is 247 g/mol. The van der Waals surface area contributed by atoms with Gasteiger partial charge >= 0.3 is 0 Å². The first-order valence-electron chi connectivity index (χ1n) is 5.27. The van der Waals surface area contributed by atoms with Gasteiger partial charge in [0.2, 0.25) is 10.5 Å². The molecule has 0 aromatic carbocycles. The molecular formula is C12H20Cl2O2. The van der Waals surface area contributed by atoms with Crippen LogP contribution >= 0.6 is 23.2 Å². The lowest BCUT2D eigenvalue weighted by molar-refractivity contribution is -0.132. The standard InChI is InChI=1S/C12H20Cl2O2/c1-11(2,3)7(9(13)15)8(10(14)16)12(4,5)6/h7-8H,1-6H3/t7-,8?/m1/s1. The highest BCUT2D eigenvalue weighted by Crippen LogP contribution is 2.43. The Hall–Kier alpha value is -0.0800. The van der Waals surface area contributed by atoms with Gasteiger partial charge in [-0.25, -0.2) is 0 Å². The van der Waals surface area contributed by atoms with Gasteiger partial charge in [0.1, 0.15) is 0 Å². The van der Waals surface area contributed by atoms with Gasteiger partial charge in [-0.3, -0.25) is 9.59 Å². The second-order valence-corrected chi connectivity index (χ2v) is 7.04. The molecule has 0 radical (unpaired) electrons. The maximum atomic E-state index is 11.5. The average Bonchev–Trinajstić information content (AvgIpc) is 1.92. The monoisotopic (exact) mass is 266 g/mol. The molecule has 0 bridgehead atoms. The van der Waals surface area contributed by atoms with E-state index in [1.807, 2.05) is 41.5 Å². The van der Waals surface area contributed by atoms with E-state index in [1.54, 1.807) is 0 Å². The van der Waals surface area contributed by atoms with Gasteiger partial charge in [0, 0.05) is 11.8 Å². The predicted octanol–water partition coefficient (Wildman–Crippen LogP) is 3.84. The SMILES string of the molecule is CC(C)(C)C(C(=O)Cl)[C@H](C(=O)Cl)C(C)(C)C. The van der Waals surface area contributed by atoms with Crippen LogP contribution in [0, 0.1) is 22.7 Å². The summed E-state index contributed by atoms with van der Waals surface area (Å²) in [5.41, 5.74) is -0.775. The summed E-state index contributed by atoms with van der Waals surface area (Å²) in [5, 5.41) is -0.997. The molecule has 0 aromatic heterocycles. The van der Waals surface area contributed by atoms with Crippen LogP contribution in [0.25, 0.3) is 0 Å². The largest absolute Gasteiger partial charge is 0.281 e. The summed E-state index contributed by atoms with van der Waals surface area (Å²) >= 11 is 11.2. The second-order valence-electron chi connectivity index (χ2n) is 6.30. The second kappa shape index (κ2) is 5.05. The Kier molecular flexibility index (Phi) is 5.03. The smallest absolute Gasteiger partial charge is 0.226 e. The molecule has 0 aliphatic heterocycles. The molecule has 0 rings (SSSR count). The Morgan fingerprint density at radius 3 is 1.00 bits per heavy atom. The van der Waals surface area contributed by atoms with Crippen molar-refractivity contribution in [3.8, 4) is 0 Å². The summed E-state index contributed by atoms with van der Waals surface area (Å²) in [7, 11) is 0. The molecule has 0 saturated carbocycles. The number of carbonyl (C=O) groups excluding carboxylic acids is 2. The Morgan fingerprint density at radius 2 is 0.938 bits per heavy atom. The summed E-state index contributed by atoms with van der Waals surface area (Å²) in [6.45, 7) is 11.3. The number of carbonyl (C=O) groups is 2. The molecule has 2 nitrogen and oxygen atoms in total. The van der Waals surface area contributed by atoms with Crippen LogP contribution in [-0.4, -0.2) is 10.5 Å². The van der Waals surface area contributed by atoms with Crippen molar-refractivity contribution in [2.24, 2.45) is 22.7 Å². The highest BCUT2D eigenvalue weighted by Gasteiger charge is 2.45. The van der Waals surface area contributed by atoms with E-state index < -0.39 is 22.3 Å². The third kappa shape index (κ3) is 4.06. The van der Waals surface area contributed by atoms with Crippen LogP contribution in [0.15, 0.2) is 0 Å². The molecule has 0 N–H and O–H groups in total. The van der Waals surface area contributed by atoms with E-state index in [1.165, 1.54) is 0 Å². The Morgan fingerprint density at radius 1 is 0.750 bits per heavy atom. The third-order valence-electron chi connectivity index (χ3n) is 2.69. The maximum absolute atomic E-state index is 11.5. The number of hydrogen-bond acceptors (Lipinski definition) is 2. The van der Waals surface area contributed by atoms with Crippen LogP contribution in [0.4, 0.5) is 0 Å². The minimum Gasteiger partial charge on any atom is -0.281 e. The van der Waals surface area contributed by atoms with E-state index >= 15 is 0 Å². The summed E-state index contributed by atoms with van der Waals surface area (Å²) < 4.78 is 0. The molecule has 0 aliphatic carbocycles. The molecule has 1 unspecified atom stereocenters. The summed E-state index contributed by atoms with van der Waals surface area (Å²) in [6.07, 6.45) is 0. The van der Waals surface area contributed by atoms with Gasteiger partial charge in [-0.05, 0) is 34.0 Å². The van der Waals surface area contributed by atoms with Crippen LogP contribution < -0.4 is 0 Å². The fourth-order valence-electron chi connectivity index (χ4n) is 1.94. The van der Waals surface area contributed by atoms with Gasteiger partial charge in [-0.1, -0.05) is 41.5 Å². The zero-order chi connectivity index (χ0) is 13.3. The van der Waals surface area contributed by atoms with E-state index in [4.69, 9.17) is 23.2 Å². The van der Waals surface area contributed by atoms with E-state index in [0.717, 1.165) is 0 Å². The molecule has 0 amide bonds. The van der Waals surface area contributed by atoms with Gasteiger partial charge < -0.3 is 0 Å². The molecule has 0 heterocycles. The van der Waals surface area contributed by atoms with Crippen molar-refractivity contribution in [3.05, 3.63) is 0 Å². The third-order valence-corrected chi connectivity index (χ3v) is 3.16. The first-order chi connectivity index (χ1) is 6.89. The van der Waals surface area contributed by atoms with Gasteiger partial charge in [-0.2, -0.15) is 0 Å². The molecule has 94 valence electrons. The topological polar surface area (TPSA) is 34.1 Å². The predicted molar refractivity (Wildman–Crippen MR) is 67.6 cm³/mol. The highest BCUT2D eigenvalue weighted by molar-refractivity contribution is 6.66. The van der Waals surface area contributed by atoms with Crippen molar-refractivity contribution in [2.45, 2.75) is 41.5 Å². The summed E-state index contributed by atoms with van der Waals surface area (Å²) in [6, 6.07) is 0. The summed E-state index contributed by atoms with van der Waals surface area (Å²) in [4.78, 5) is 23.1. The number of hydrogen-bond donors (Lipinski definition) is 0. The van der Waals surface area contributed by atoms with Crippen molar-refractivity contribution in [3.63, 3.8) is 0 Å². The van der Waals surface area contributed by atoms with Crippen molar-refractivity contribution >= 4 is 33.7 Å². The Labute approximate surface area is 108 Å². The van der Waals surface area contributed by atoms with E-state index in [0.29, 0.717) is 0 Å². The van der Waals surface area contributed by atoms with Crippen LogP contribution in [-0.2, 0) is 9.59 Å². The fraction of sp³-hybridized carbons (Fsp3) is 0.833. The molecule has 0 fully saturated rings. The maximum Gasteiger partial charge on any atom is 0.226 e.